The first-order valence-corrected chi connectivity index (χ1v) is 6.16. The van der Waals surface area contributed by atoms with Gasteiger partial charge in [-0.05, 0) is 43.0 Å². The molecule has 17 heavy (non-hydrogen) atoms. The quantitative estimate of drug-likeness (QED) is 0.887. The van der Waals surface area contributed by atoms with Crippen LogP contribution in [0.1, 0.15) is 24.8 Å². The van der Waals surface area contributed by atoms with Crippen LogP contribution >= 0.6 is 11.6 Å². The van der Waals surface area contributed by atoms with Gasteiger partial charge < -0.3 is 5.73 Å². The average molecular weight is 248 g/mol. The SMILES string of the molecule is NC1(c2ccc(-n3cccn3)c(Cl)c2)CCC1. The third kappa shape index (κ3) is 1.75. The van der Waals surface area contributed by atoms with Gasteiger partial charge in [0.25, 0.3) is 0 Å². The van der Waals surface area contributed by atoms with Crippen molar-refractivity contribution < 1.29 is 0 Å². The Balaban J connectivity index is 2.00. The topological polar surface area (TPSA) is 43.8 Å². The van der Waals surface area contributed by atoms with Crippen molar-refractivity contribution in [1.29, 1.82) is 0 Å². The maximum atomic E-state index is 6.29. The fourth-order valence-corrected chi connectivity index (χ4v) is 2.53. The van der Waals surface area contributed by atoms with E-state index in [1.54, 1.807) is 10.9 Å². The van der Waals surface area contributed by atoms with Crippen LogP contribution in [0.3, 0.4) is 0 Å². The molecule has 0 amide bonds. The van der Waals surface area contributed by atoms with E-state index in [1.165, 1.54) is 6.42 Å². The number of benzene rings is 1. The number of hydrogen-bond acceptors (Lipinski definition) is 2. The van der Waals surface area contributed by atoms with E-state index in [1.807, 2.05) is 24.4 Å². The second-order valence-electron chi connectivity index (χ2n) is 4.63. The summed E-state index contributed by atoms with van der Waals surface area (Å²) in [6, 6.07) is 7.89. The number of rotatable bonds is 2. The largest absolute Gasteiger partial charge is 0.321 e. The van der Waals surface area contributed by atoms with Gasteiger partial charge in [-0.2, -0.15) is 5.10 Å². The minimum atomic E-state index is -0.160. The normalized spacial score (nSPS) is 17.8. The molecule has 88 valence electrons. The van der Waals surface area contributed by atoms with Crippen molar-refractivity contribution >= 4 is 11.6 Å². The Bertz CT molecular complexity index is 530. The van der Waals surface area contributed by atoms with Crippen molar-refractivity contribution in [3.8, 4) is 5.69 Å². The third-order valence-corrected chi connectivity index (χ3v) is 3.82. The highest BCUT2D eigenvalue weighted by Gasteiger charge is 2.34. The molecule has 2 N–H and O–H groups in total. The maximum absolute atomic E-state index is 6.29. The van der Waals surface area contributed by atoms with E-state index in [-0.39, 0.29) is 5.54 Å². The zero-order valence-electron chi connectivity index (χ0n) is 9.44. The number of hydrogen-bond donors (Lipinski definition) is 1. The molecule has 1 aliphatic carbocycles. The molecule has 1 aliphatic rings. The van der Waals surface area contributed by atoms with E-state index in [0.29, 0.717) is 5.02 Å². The van der Waals surface area contributed by atoms with Gasteiger partial charge in [-0.3, -0.25) is 0 Å². The van der Waals surface area contributed by atoms with E-state index < -0.39 is 0 Å². The lowest BCUT2D eigenvalue weighted by atomic mass is 9.73. The average Bonchev–Trinajstić information content (AvgIpc) is 2.79. The first-order valence-electron chi connectivity index (χ1n) is 5.78. The van der Waals surface area contributed by atoms with E-state index in [9.17, 15) is 0 Å². The van der Waals surface area contributed by atoms with Gasteiger partial charge in [0.2, 0.25) is 0 Å². The molecule has 1 aromatic heterocycles. The summed E-state index contributed by atoms with van der Waals surface area (Å²) in [6.07, 6.45) is 6.91. The van der Waals surface area contributed by atoms with Crippen LogP contribution in [0.5, 0.6) is 0 Å². The minimum absolute atomic E-state index is 0.160. The van der Waals surface area contributed by atoms with Crippen LogP contribution in [0.4, 0.5) is 0 Å². The van der Waals surface area contributed by atoms with Gasteiger partial charge >= 0.3 is 0 Å². The Hall–Kier alpha value is -1.32. The molecule has 0 atom stereocenters. The first-order chi connectivity index (χ1) is 8.19. The summed E-state index contributed by atoms with van der Waals surface area (Å²) in [6.45, 7) is 0. The van der Waals surface area contributed by atoms with Crippen molar-refractivity contribution in [2.24, 2.45) is 5.73 Å². The van der Waals surface area contributed by atoms with Gasteiger partial charge in [0.05, 0.1) is 10.7 Å². The standard InChI is InChI=1S/C13H14ClN3/c14-11-9-10(13(15)5-1-6-13)3-4-12(11)17-8-2-7-16-17/h2-4,7-9H,1,5-6,15H2. The smallest absolute Gasteiger partial charge is 0.0831 e. The lowest BCUT2D eigenvalue weighted by molar-refractivity contribution is 0.253. The van der Waals surface area contributed by atoms with E-state index in [4.69, 9.17) is 17.3 Å². The molecule has 0 aliphatic heterocycles. The monoisotopic (exact) mass is 247 g/mol. The van der Waals surface area contributed by atoms with Crippen LogP contribution in [0, 0.1) is 0 Å². The predicted molar refractivity (Wildman–Crippen MR) is 68.3 cm³/mol. The van der Waals surface area contributed by atoms with E-state index in [2.05, 4.69) is 11.2 Å². The molecule has 2 aromatic rings. The van der Waals surface area contributed by atoms with Gasteiger partial charge in [-0.25, -0.2) is 4.68 Å². The van der Waals surface area contributed by atoms with Crippen molar-refractivity contribution in [3.63, 3.8) is 0 Å². The van der Waals surface area contributed by atoms with Crippen LogP contribution in [0.2, 0.25) is 5.02 Å². The zero-order valence-corrected chi connectivity index (χ0v) is 10.2. The molecule has 0 unspecified atom stereocenters. The highest BCUT2D eigenvalue weighted by Crippen LogP contribution is 2.40. The molecule has 0 spiro atoms. The van der Waals surface area contributed by atoms with Crippen molar-refractivity contribution in [2.75, 3.05) is 0 Å². The Labute approximate surface area is 105 Å². The molecule has 1 saturated carbocycles. The summed E-state index contributed by atoms with van der Waals surface area (Å²) in [5, 5.41) is 4.87. The first kappa shape index (κ1) is 10.8. The Morgan fingerprint density at radius 1 is 1.35 bits per heavy atom. The van der Waals surface area contributed by atoms with E-state index >= 15 is 0 Å². The third-order valence-electron chi connectivity index (χ3n) is 3.52. The summed E-state index contributed by atoms with van der Waals surface area (Å²) in [5.74, 6) is 0. The molecule has 3 nitrogen and oxygen atoms in total. The van der Waals surface area contributed by atoms with E-state index in [0.717, 1.165) is 24.1 Å². The predicted octanol–water partition coefficient (Wildman–Crippen LogP) is 2.86. The maximum Gasteiger partial charge on any atom is 0.0831 e. The fourth-order valence-electron chi connectivity index (χ4n) is 2.26. The second kappa shape index (κ2) is 3.86. The Morgan fingerprint density at radius 3 is 2.71 bits per heavy atom. The number of nitrogens with two attached hydrogens (primary N) is 1. The van der Waals surface area contributed by atoms with Crippen molar-refractivity contribution in [1.82, 2.24) is 9.78 Å². The van der Waals surface area contributed by atoms with Gasteiger partial charge in [0.15, 0.2) is 0 Å². The zero-order chi connectivity index (χ0) is 11.9. The molecular formula is C13H14ClN3. The molecule has 4 heteroatoms. The molecule has 1 fully saturated rings. The molecule has 0 bridgehead atoms. The molecular weight excluding hydrogens is 234 g/mol. The summed E-state index contributed by atoms with van der Waals surface area (Å²) < 4.78 is 1.76. The van der Waals surface area contributed by atoms with Crippen LogP contribution in [0.25, 0.3) is 5.69 Å². The summed E-state index contributed by atoms with van der Waals surface area (Å²) >= 11 is 6.29. The number of nitrogens with zero attached hydrogens (tertiary/aromatic N) is 2. The van der Waals surface area contributed by atoms with Gasteiger partial charge in [-0.1, -0.05) is 17.7 Å². The molecule has 1 heterocycles. The van der Waals surface area contributed by atoms with Gasteiger partial charge in [-0.15, -0.1) is 0 Å². The molecule has 3 rings (SSSR count). The number of aromatic nitrogens is 2. The van der Waals surface area contributed by atoms with Crippen LogP contribution < -0.4 is 5.73 Å². The van der Waals surface area contributed by atoms with Crippen LogP contribution in [0.15, 0.2) is 36.7 Å². The highest BCUT2D eigenvalue weighted by atomic mass is 35.5. The lowest BCUT2D eigenvalue weighted by Crippen LogP contribution is -2.43. The second-order valence-corrected chi connectivity index (χ2v) is 5.03. The Kier molecular flexibility index (Phi) is 2.45. The van der Waals surface area contributed by atoms with Crippen LogP contribution in [-0.2, 0) is 5.54 Å². The highest BCUT2D eigenvalue weighted by molar-refractivity contribution is 6.32. The van der Waals surface area contributed by atoms with Gasteiger partial charge in [0, 0.05) is 17.9 Å². The van der Waals surface area contributed by atoms with Crippen molar-refractivity contribution in [3.05, 3.63) is 47.2 Å². The molecule has 1 aromatic carbocycles. The Morgan fingerprint density at radius 2 is 2.18 bits per heavy atom. The fraction of sp³-hybridized carbons (Fsp3) is 0.308. The van der Waals surface area contributed by atoms with Crippen molar-refractivity contribution in [2.45, 2.75) is 24.8 Å². The number of halogens is 1. The van der Waals surface area contributed by atoms with Gasteiger partial charge in [0.1, 0.15) is 0 Å². The summed E-state index contributed by atoms with van der Waals surface area (Å²) in [7, 11) is 0. The minimum Gasteiger partial charge on any atom is -0.321 e. The molecule has 0 saturated heterocycles. The summed E-state index contributed by atoms with van der Waals surface area (Å²) in [5.41, 5.74) is 8.14. The lowest BCUT2D eigenvalue weighted by Gasteiger charge is -2.38. The van der Waals surface area contributed by atoms with Crippen LogP contribution in [-0.4, -0.2) is 9.78 Å². The summed E-state index contributed by atoms with van der Waals surface area (Å²) in [4.78, 5) is 0. The molecule has 0 radical (unpaired) electrons.